The highest BCUT2D eigenvalue weighted by atomic mass is 16.2. The minimum Gasteiger partial charge on any atom is -0.339 e. The maximum absolute atomic E-state index is 11.3. The van der Waals surface area contributed by atoms with Crippen molar-refractivity contribution in [1.29, 1.82) is 0 Å². The molecule has 4 nitrogen and oxygen atoms in total. The van der Waals surface area contributed by atoms with Gasteiger partial charge in [0.15, 0.2) is 0 Å². The fraction of sp³-hybridized carbons (Fsp3) is 0.750. The molecule has 2 heterocycles. The van der Waals surface area contributed by atoms with Gasteiger partial charge in [-0.2, -0.15) is 5.10 Å². The van der Waals surface area contributed by atoms with Crippen LogP contribution < -0.4 is 0 Å². The number of carbonyl (C=O) groups is 1. The van der Waals surface area contributed by atoms with Crippen molar-refractivity contribution in [3.05, 3.63) is 17.5 Å². The van der Waals surface area contributed by atoms with Crippen LogP contribution in [0.2, 0.25) is 0 Å². The van der Waals surface area contributed by atoms with Gasteiger partial charge in [0.2, 0.25) is 5.91 Å². The Morgan fingerprint density at radius 2 is 1.70 bits per heavy atom. The van der Waals surface area contributed by atoms with E-state index in [1.54, 1.807) is 6.92 Å². The van der Waals surface area contributed by atoms with E-state index in [9.17, 15) is 4.79 Å². The molecule has 0 atom stereocenters. The van der Waals surface area contributed by atoms with Crippen LogP contribution in [-0.4, -0.2) is 33.7 Å². The van der Waals surface area contributed by atoms with Crippen LogP contribution in [0.3, 0.4) is 0 Å². The van der Waals surface area contributed by atoms with E-state index in [2.05, 4.69) is 52.3 Å². The highest BCUT2D eigenvalue weighted by molar-refractivity contribution is 5.74. The molecule has 4 heteroatoms. The van der Waals surface area contributed by atoms with Gasteiger partial charge in [-0.1, -0.05) is 41.5 Å². The second-order valence-corrected chi connectivity index (χ2v) is 7.94. The van der Waals surface area contributed by atoms with E-state index in [1.165, 1.54) is 5.69 Å². The van der Waals surface area contributed by atoms with Crippen molar-refractivity contribution in [1.82, 2.24) is 14.7 Å². The van der Waals surface area contributed by atoms with Crippen molar-refractivity contribution in [3.63, 3.8) is 0 Å². The lowest BCUT2D eigenvalue weighted by atomic mass is 9.87. The molecule has 1 fully saturated rings. The number of amides is 1. The van der Waals surface area contributed by atoms with E-state index in [0.717, 1.165) is 18.8 Å². The van der Waals surface area contributed by atoms with E-state index in [0.29, 0.717) is 6.04 Å². The zero-order chi connectivity index (χ0) is 15.3. The Bertz CT molecular complexity index is 511. The molecule has 0 unspecified atom stereocenters. The van der Waals surface area contributed by atoms with Gasteiger partial charge in [0.25, 0.3) is 0 Å². The molecule has 0 aromatic carbocycles. The molecule has 0 aliphatic carbocycles. The third-order valence-corrected chi connectivity index (χ3v) is 3.93. The van der Waals surface area contributed by atoms with Crippen LogP contribution in [0.1, 0.15) is 65.9 Å². The van der Waals surface area contributed by atoms with Gasteiger partial charge in [-0.15, -0.1) is 0 Å². The van der Waals surface area contributed by atoms with Gasteiger partial charge in [0.05, 0.1) is 11.7 Å². The summed E-state index contributed by atoms with van der Waals surface area (Å²) < 4.78 is 2.15. The molecule has 1 amide bonds. The fourth-order valence-corrected chi connectivity index (χ4v) is 2.47. The summed E-state index contributed by atoms with van der Waals surface area (Å²) in [6.45, 7) is 16.4. The van der Waals surface area contributed by atoms with Gasteiger partial charge >= 0.3 is 0 Å². The van der Waals surface area contributed by atoms with Crippen LogP contribution in [0.5, 0.6) is 0 Å². The van der Waals surface area contributed by atoms with Crippen molar-refractivity contribution >= 4 is 5.91 Å². The molecule has 1 aromatic heterocycles. The molecule has 0 spiro atoms. The molecule has 1 saturated heterocycles. The summed E-state index contributed by atoms with van der Waals surface area (Å²) in [6.07, 6.45) is 0. The number of hydrogen-bond donors (Lipinski definition) is 0. The zero-order valence-corrected chi connectivity index (χ0v) is 13.8. The van der Waals surface area contributed by atoms with Crippen LogP contribution in [-0.2, 0) is 15.6 Å². The topological polar surface area (TPSA) is 38.1 Å². The smallest absolute Gasteiger partial charge is 0.219 e. The highest BCUT2D eigenvalue weighted by Gasteiger charge is 2.35. The molecule has 1 aromatic rings. The normalized spacial score (nSPS) is 17.2. The van der Waals surface area contributed by atoms with Crippen LogP contribution in [0, 0.1) is 0 Å². The van der Waals surface area contributed by atoms with Crippen LogP contribution in [0.4, 0.5) is 0 Å². The Morgan fingerprint density at radius 1 is 1.15 bits per heavy atom. The monoisotopic (exact) mass is 277 g/mol. The Labute approximate surface area is 122 Å². The van der Waals surface area contributed by atoms with Gasteiger partial charge < -0.3 is 4.90 Å². The van der Waals surface area contributed by atoms with E-state index in [1.807, 2.05) is 4.90 Å². The third kappa shape index (κ3) is 2.74. The molecule has 0 radical (unpaired) electrons. The first-order chi connectivity index (χ1) is 9.00. The third-order valence-electron chi connectivity index (χ3n) is 3.93. The average molecular weight is 277 g/mol. The van der Waals surface area contributed by atoms with Crippen LogP contribution in [0.15, 0.2) is 6.07 Å². The maximum atomic E-state index is 11.3. The molecule has 0 bridgehead atoms. The van der Waals surface area contributed by atoms with Crippen LogP contribution in [0.25, 0.3) is 0 Å². The summed E-state index contributed by atoms with van der Waals surface area (Å²) in [6, 6.07) is 2.56. The maximum Gasteiger partial charge on any atom is 0.219 e. The quantitative estimate of drug-likeness (QED) is 0.791. The molecule has 1 aliphatic rings. The molecule has 20 heavy (non-hydrogen) atoms. The van der Waals surface area contributed by atoms with Crippen molar-refractivity contribution in [2.75, 3.05) is 13.1 Å². The fourth-order valence-electron chi connectivity index (χ4n) is 2.47. The molecular weight excluding hydrogens is 250 g/mol. The molecule has 2 rings (SSSR count). The van der Waals surface area contributed by atoms with Crippen molar-refractivity contribution < 1.29 is 4.79 Å². The Balaban J connectivity index is 2.33. The standard InChI is InChI=1S/C16H27N3O/c1-11(20)18-9-12(10-18)19-14(16(5,6)7)8-13(17-19)15(2,3)4/h8,12H,9-10H2,1-7H3. The lowest BCUT2D eigenvalue weighted by Gasteiger charge is -2.40. The van der Waals surface area contributed by atoms with Gasteiger partial charge in [-0.3, -0.25) is 9.48 Å². The molecule has 112 valence electrons. The number of nitrogens with zero attached hydrogens (tertiary/aromatic N) is 3. The first-order valence-electron chi connectivity index (χ1n) is 7.36. The lowest BCUT2D eigenvalue weighted by Crippen LogP contribution is -2.51. The number of aromatic nitrogens is 2. The Morgan fingerprint density at radius 3 is 2.10 bits per heavy atom. The highest BCUT2D eigenvalue weighted by Crippen LogP contribution is 2.32. The summed E-state index contributed by atoms with van der Waals surface area (Å²) in [5.41, 5.74) is 2.50. The number of rotatable bonds is 1. The van der Waals surface area contributed by atoms with Crippen LogP contribution >= 0.6 is 0 Å². The van der Waals surface area contributed by atoms with Crippen molar-refractivity contribution in [3.8, 4) is 0 Å². The minimum absolute atomic E-state index is 0.0509. The predicted molar refractivity (Wildman–Crippen MR) is 80.9 cm³/mol. The largest absolute Gasteiger partial charge is 0.339 e. The summed E-state index contributed by atoms with van der Waals surface area (Å²) in [7, 11) is 0. The molecule has 0 saturated carbocycles. The second kappa shape index (κ2) is 4.61. The number of hydrogen-bond acceptors (Lipinski definition) is 2. The number of likely N-dealkylation sites (tertiary alicyclic amines) is 1. The summed E-state index contributed by atoms with van der Waals surface area (Å²) in [5, 5.41) is 4.84. The zero-order valence-electron chi connectivity index (χ0n) is 13.8. The molecular formula is C16H27N3O. The van der Waals surface area contributed by atoms with Gasteiger partial charge in [0.1, 0.15) is 0 Å². The van der Waals surface area contributed by atoms with E-state index >= 15 is 0 Å². The number of carbonyl (C=O) groups excluding carboxylic acids is 1. The van der Waals surface area contributed by atoms with Crippen molar-refractivity contribution in [2.24, 2.45) is 0 Å². The van der Waals surface area contributed by atoms with Gasteiger partial charge in [-0.25, -0.2) is 0 Å². The van der Waals surface area contributed by atoms with E-state index < -0.39 is 0 Å². The average Bonchev–Trinajstić information content (AvgIpc) is 2.57. The van der Waals surface area contributed by atoms with Gasteiger partial charge in [0, 0.05) is 36.5 Å². The second-order valence-electron chi connectivity index (χ2n) is 7.94. The van der Waals surface area contributed by atoms with E-state index in [-0.39, 0.29) is 16.7 Å². The van der Waals surface area contributed by atoms with E-state index in [4.69, 9.17) is 5.10 Å². The minimum atomic E-state index is 0.0509. The predicted octanol–water partition coefficient (Wildman–Crippen LogP) is 2.88. The van der Waals surface area contributed by atoms with Crippen molar-refractivity contribution in [2.45, 2.75) is 65.3 Å². The Hall–Kier alpha value is -1.32. The first-order valence-corrected chi connectivity index (χ1v) is 7.36. The lowest BCUT2D eigenvalue weighted by molar-refractivity contribution is -0.134. The summed E-state index contributed by atoms with van der Waals surface area (Å²) in [4.78, 5) is 13.2. The van der Waals surface area contributed by atoms with Gasteiger partial charge in [-0.05, 0) is 6.07 Å². The first kappa shape index (κ1) is 15.1. The summed E-state index contributed by atoms with van der Waals surface area (Å²) >= 11 is 0. The molecule has 1 aliphatic heterocycles. The summed E-state index contributed by atoms with van der Waals surface area (Å²) in [5.74, 6) is 0.154. The SMILES string of the molecule is CC(=O)N1CC(n2nc(C(C)(C)C)cc2C(C)(C)C)C1. The Kier molecular flexibility index (Phi) is 3.47. The molecule has 0 N–H and O–H groups in total.